The molecule has 0 radical (unpaired) electrons. The minimum absolute atomic E-state index is 0.0152. The van der Waals surface area contributed by atoms with E-state index >= 15 is 0 Å². The normalized spacial score (nSPS) is 17.0. The van der Waals surface area contributed by atoms with Crippen molar-refractivity contribution >= 4 is 11.3 Å². The van der Waals surface area contributed by atoms with E-state index in [0.29, 0.717) is 6.04 Å². The molecule has 4 nitrogen and oxygen atoms in total. The molecule has 1 aromatic carbocycles. The predicted molar refractivity (Wildman–Crippen MR) is 128 cm³/mol. The molecular weight excluding hydrogens is 400 g/mol. The Balaban J connectivity index is 1.59. The number of benzene rings is 1. The van der Waals surface area contributed by atoms with Gasteiger partial charge >= 0.3 is 0 Å². The summed E-state index contributed by atoms with van der Waals surface area (Å²) in [6.07, 6.45) is 5.83. The van der Waals surface area contributed by atoms with Crippen LogP contribution in [0.15, 0.2) is 35.7 Å². The molecule has 0 amide bonds. The fraction of sp³-hybridized carbons (Fsp3) is 0.538. The minimum atomic E-state index is 0.0152. The molecule has 1 aliphatic rings. The molecule has 1 aliphatic heterocycles. The highest BCUT2D eigenvalue weighted by Gasteiger charge is 2.25. The first-order valence-electron chi connectivity index (χ1n) is 11.6. The van der Waals surface area contributed by atoms with E-state index in [2.05, 4.69) is 52.4 Å². The summed E-state index contributed by atoms with van der Waals surface area (Å²) < 4.78 is 0. The standard InChI is InChI=1S/C26H34N4S/c1-3-4-5-7-25(22-9-10-23(19-27)21(2)18-22)30-15-13-29(14-16-30)12-11-24(20-28)26-8-6-17-31-26/h6,8-10,17-18,24-25H,3-5,7,11-16H2,1-2H3. The van der Waals surface area contributed by atoms with E-state index < -0.39 is 0 Å². The predicted octanol–water partition coefficient (Wildman–Crippen LogP) is 5.86. The minimum Gasteiger partial charge on any atom is -0.301 e. The van der Waals surface area contributed by atoms with Crippen molar-refractivity contribution in [3.8, 4) is 12.1 Å². The van der Waals surface area contributed by atoms with Crippen LogP contribution in [0.1, 0.15) is 72.6 Å². The molecule has 5 heteroatoms. The van der Waals surface area contributed by atoms with Crippen LogP contribution < -0.4 is 0 Å². The lowest BCUT2D eigenvalue weighted by Gasteiger charge is -2.40. The van der Waals surface area contributed by atoms with Gasteiger partial charge in [0.25, 0.3) is 0 Å². The van der Waals surface area contributed by atoms with Crippen LogP contribution in [-0.2, 0) is 0 Å². The van der Waals surface area contributed by atoms with Crippen molar-refractivity contribution in [2.24, 2.45) is 0 Å². The lowest BCUT2D eigenvalue weighted by atomic mass is 9.95. The maximum absolute atomic E-state index is 9.54. The first kappa shape index (κ1) is 23.5. The first-order valence-corrected chi connectivity index (χ1v) is 12.4. The Kier molecular flexibility index (Phi) is 9.10. The van der Waals surface area contributed by atoms with Crippen molar-refractivity contribution in [2.75, 3.05) is 32.7 Å². The van der Waals surface area contributed by atoms with Gasteiger partial charge in [0.2, 0.25) is 0 Å². The lowest BCUT2D eigenvalue weighted by Crippen LogP contribution is -2.48. The summed E-state index contributed by atoms with van der Waals surface area (Å²) in [5.41, 5.74) is 3.21. The maximum atomic E-state index is 9.54. The molecule has 1 aromatic heterocycles. The van der Waals surface area contributed by atoms with Gasteiger partial charge in [0, 0.05) is 37.1 Å². The number of nitriles is 2. The third-order valence-corrected chi connectivity index (χ3v) is 7.45. The van der Waals surface area contributed by atoms with Crippen LogP contribution in [0.3, 0.4) is 0 Å². The van der Waals surface area contributed by atoms with Crippen LogP contribution in [0.5, 0.6) is 0 Å². The summed E-state index contributed by atoms with van der Waals surface area (Å²) in [6, 6.07) is 15.7. The summed E-state index contributed by atoms with van der Waals surface area (Å²) in [6.45, 7) is 9.52. The van der Waals surface area contributed by atoms with Crippen LogP contribution in [0.2, 0.25) is 0 Å². The average Bonchev–Trinajstić information content (AvgIpc) is 3.32. The van der Waals surface area contributed by atoms with Gasteiger partial charge in [0.1, 0.15) is 0 Å². The first-order chi connectivity index (χ1) is 15.2. The van der Waals surface area contributed by atoms with E-state index in [1.165, 1.54) is 36.1 Å². The fourth-order valence-corrected chi connectivity index (χ4v) is 5.34. The molecule has 3 rings (SSSR count). The number of hydrogen-bond donors (Lipinski definition) is 0. The summed E-state index contributed by atoms with van der Waals surface area (Å²) in [4.78, 5) is 6.34. The Morgan fingerprint density at radius 2 is 1.87 bits per heavy atom. The lowest BCUT2D eigenvalue weighted by molar-refractivity contribution is 0.0895. The molecule has 164 valence electrons. The van der Waals surface area contributed by atoms with Crippen molar-refractivity contribution in [2.45, 2.75) is 57.9 Å². The second-order valence-electron chi connectivity index (χ2n) is 8.56. The number of aryl methyl sites for hydroxylation is 1. The van der Waals surface area contributed by atoms with Crippen LogP contribution in [-0.4, -0.2) is 42.5 Å². The van der Waals surface area contributed by atoms with Crippen molar-refractivity contribution in [1.82, 2.24) is 9.80 Å². The molecule has 0 N–H and O–H groups in total. The van der Waals surface area contributed by atoms with E-state index in [4.69, 9.17) is 0 Å². The van der Waals surface area contributed by atoms with Gasteiger partial charge in [-0.1, -0.05) is 44.4 Å². The van der Waals surface area contributed by atoms with Gasteiger partial charge in [0.15, 0.2) is 0 Å². The number of unbranched alkanes of at least 4 members (excludes halogenated alkanes) is 2. The molecule has 2 unspecified atom stereocenters. The van der Waals surface area contributed by atoms with Gasteiger partial charge in [-0.05, 0) is 54.9 Å². The molecule has 0 aliphatic carbocycles. The molecule has 2 atom stereocenters. The van der Waals surface area contributed by atoms with E-state index in [9.17, 15) is 10.5 Å². The molecule has 0 bridgehead atoms. The van der Waals surface area contributed by atoms with Crippen molar-refractivity contribution in [3.05, 3.63) is 57.3 Å². The smallest absolute Gasteiger partial charge is 0.0994 e. The maximum Gasteiger partial charge on any atom is 0.0994 e. The van der Waals surface area contributed by atoms with Gasteiger partial charge in [-0.2, -0.15) is 10.5 Å². The van der Waals surface area contributed by atoms with Crippen molar-refractivity contribution in [3.63, 3.8) is 0 Å². The number of thiophene rings is 1. The molecule has 31 heavy (non-hydrogen) atoms. The topological polar surface area (TPSA) is 54.1 Å². The van der Waals surface area contributed by atoms with E-state index in [1.807, 2.05) is 19.1 Å². The summed E-state index contributed by atoms with van der Waals surface area (Å²) in [7, 11) is 0. The number of hydrogen-bond acceptors (Lipinski definition) is 5. The molecular formula is C26H34N4S. The largest absolute Gasteiger partial charge is 0.301 e. The Morgan fingerprint density at radius 3 is 2.48 bits per heavy atom. The second-order valence-corrected chi connectivity index (χ2v) is 9.54. The number of rotatable bonds is 10. The third-order valence-electron chi connectivity index (χ3n) is 6.46. The Morgan fingerprint density at radius 1 is 1.06 bits per heavy atom. The number of piperazine rings is 1. The van der Waals surface area contributed by atoms with Gasteiger partial charge in [-0.15, -0.1) is 11.3 Å². The number of nitrogens with zero attached hydrogens (tertiary/aromatic N) is 4. The van der Waals surface area contributed by atoms with Gasteiger partial charge in [-0.25, -0.2) is 0 Å². The van der Waals surface area contributed by atoms with Crippen LogP contribution in [0.25, 0.3) is 0 Å². The molecule has 1 saturated heterocycles. The highest BCUT2D eigenvalue weighted by molar-refractivity contribution is 7.10. The Bertz CT molecular complexity index is 885. The zero-order valence-electron chi connectivity index (χ0n) is 18.9. The highest BCUT2D eigenvalue weighted by atomic mass is 32.1. The fourth-order valence-electron chi connectivity index (χ4n) is 4.54. The van der Waals surface area contributed by atoms with Crippen LogP contribution in [0, 0.1) is 29.6 Å². The van der Waals surface area contributed by atoms with Gasteiger partial charge in [0.05, 0.1) is 23.6 Å². The van der Waals surface area contributed by atoms with Crippen LogP contribution >= 0.6 is 11.3 Å². The van der Waals surface area contributed by atoms with Gasteiger partial charge in [-0.3, -0.25) is 4.90 Å². The molecule has 0 saturated carbocycles. The summed E-state index contributed by atoms with van der Waals surface area (Å²) in [5.74, 6) is 0.0152. The monoisotopic (exact) mass is 434 g/mol. The van der Waals surface area contributed by atoms with Crippen molar-refractivity contribution in [1.29, 1.82) is 10.5 Å². The highest BCUT2D eigenvalue weighted by Crippen LogP contribution is 2.30. The van der Waals surface area contributed by atoms with E-state index in [0.717, 1.165) is 50.3 Å². The third kappa shape index (κ3) is 6.40. The SMILES string of the molecule is CCCCCC(c1ccc(C#N)c(C)c1)N1CCN(CCC(C#N)c2cccs2)CC1. The summed E-state index contributed by atoms with van der Waals surface area (Å²) in [5, 5.41) is 20.9. The molecule has 2 aromatic rings. The second kappa shape index (κ2) is 12.0. The zero-order valence-corrected chi connectivity index (χ0v) is 19.7. The zero-order chi connectivity index (χ0) is 22.1. The Hall–Kier alpha value is -2.18. The van der Waals surface area contributed by atoms with Gasteiger partial charge < -0.3 is 4.90 Å². The van der Waals surface area contributed by atoms with E-state index in [1.54, 1.807) is 11.3 Å². The quantitative estimate of drug-likeness (QED) is 0.439. The molecule has 2 heterocycles. The Labute approximate surface area is 191 Å². The van der Waals surface area contributed by atoms with E-state index in [-0.39, 0.29) is 5.92 Å². The molecule has 0 spiro atoms. The van der Waals surface area contributed by atoms with Crippen molar-refractivity contribution < 1.29 is 0 Å². The molecule has 1 fully saturated rings. The summed E-state index contributed by atoms with van der Waals surface area (Å²) >= 11 is 1.69. The van der Waals surface area contributed by atoms with Crippen LogP contribution in [0.4, 0.5) is 0 Å². The average molecular weight is 435 g/mol.